The molecule has 1 saturated heterocycles. The molecule has 1 fully saturated rings. The van der Waals surface area contributed by atoms with Gasteiger partial charge >= 0.3 is 11.9 Å². The second kappa shape index (κ2) is 12.0. The van der Waals surface area contributed by atoms with Crippen LogP contribution in [0.5, 0.6) is 0 Å². The van der Waals surface area contributed by atoms with Crippen LogP contribution in [0.2, 0.25) is 0 Å². The molecule has 1 atom stereocenters. The molecule has 0 aliphatic carbocycles. The molecule has 0 saturated carbocycles. The van der Waals surface area contributed by atoms with Crippen molar-refractivity contribution in [2.75, 3.05) is 43.4 Å². The summed E-state index contributed by atoms with van der Waals surface area (Å²) in [5, 5.41) is 19.2. The maximum Gasteiger partial charge on any atom is 0.328 e. The van der Waals surface area contributed by atoms with Crippen LogP contribution < -0.4 is 10.2 Å². The standard InChI is InChI=1S/C25H27N3S.C4H4O4/c1-18(19-7-10-21(11-8-19)28-15-13-27(2)14-16-28)20-9-12-25-23(17-20)26-22-5-3-4-6-24(22)29-25;5-3(6)1-2-4(7)8/h3-12,17-18,26H,13-16H2,1-2H3;1-2H,(H,5,6)(H,7,8)/b;2-1+. The zero-order valence-corrected chi connectivity index (χ0v) is 21.7. The number of hydrogen-bond acceptors (Lipinski definition) is 6. The van der Waals surface area contributed by atoms with Crippen molar-refractivity contribution >= 4 is 40.8 Å². The molecular formula is C29H31N3O4S. The highest BCUT2D eigenvalue weighted by atomic mass is 32.2. The molecule has 0 radical (unpaired) electrons. The molecule has 37 heavy (non-hydrogen) atoms. The monoisotopic (exact) mass is 517 g/mol. The normalized spacial score (nSPS) is 15.6. The van der Waals surface area contributed by atoms with Gasteiger partial charge in [-0.15, -0.1) is 0 Å². The number of nitrogens with zero attached hydrogens (tertiary/aromatic N) is 2. The molecule has 3 N–H and O–H groups in total. The third-order valence-electron chi connectivity index (χ3n) is 6.51. The minimum Gasteiger partial charge on any atom is -0.478 e. The average Bonchev–Trinajstić information content (AvgIpc) is 2.91. The van der Waals surface area contributed by atoms with Gasteiger partial charge in [-0.05, 0) is 54.6 Å². The van der Waals surface area contributed by atoms with Crippen molar-refractivity contribution in [3.8, 4) is 0 Å². The minimum absolute atomic E-state index is 0.366. The fourth-order valence-electron chi connectivity index (χ4n) is 4.30. The van der Waals surface area contributed by atoms with Gasteiger partial charge in [-0.2, -0.15) is 0 Å². The molecule has 192 valence electrons. The van der Waals surface area contributed by atoms with Gasteiger partial charge in [-0.1, -0.05) is 49.0 Å². The zero-order valence-electron chi connectivity index (χ0n) is 20.9. The fraction of sp³-hybridized carbons (Fsp3) is 0.241. The summed E-state index contributed by atoms with van der Waals surface area (Å²) >= 11 is 1.85. The predicted octanol–water partition coefficient (Wildman–Crippen LogP) is 5.51. The molecular weight excluding hydrogens is 486 g/mol. The van der Waals surface area contributed by atoms with E-state index in [2.05, 4.69) is 95.8 Å². The Balaban J connectivity index is 0.000000349. The number of hydrogen-bond donors (Lipinski definition) is 3. The summed E-state index contributed by atoms with van der Waals surface area (Å²) in [5.41, 5.74) is 6.47. The highest BCUT2D eigenvalue weighted by Crippen LogP contribution is 2.45. The highest BCUT2D eigenvalue weighted by Gasteiger charge is 2.18. The number of carboxylic acids is 2. The molecule has 3 aromatic carbocycles. The minimum atomic E-state index is -1.26. The first-order chi connectivity index (χ1) is 17.8. The van der Waals surface area contributed by atoms with Gasteiger partial charge in [0.25, 0.3) is 0 Å². The van der Waals surface area contributed by atoms with Gasteiger partial charge in [0.1, 0.15) is 0 Å². The Kier molecular flexibility index (Phi) is 8.53. The van der Waals surface area contributed by atoms with Crippen LogP contribution in [0.4, 0.5) is 17.1 Å². The van der Waals surface area contributed by atoms with Gasteiger partial charge in [0, 0.05) is 59.7 Å². The number of piperazine rings is 1. The number of fused-ring (bicyclic) bond motifs is 2. The lowest BCUT2D eigenvalue weighted by Gasteiger charge is -2.34. The van der Waals surface area contributed by atoms with E-state index in [1.807, 2.05) is 11.8 Å². The Bertz CT molecular complexity index is 1270. The Morgan fingerprint density at radius 3 is 2.08 bits per heavy atom. The second-order valence-corrected chi connectivity index (χ2v) is 10.2. The molecule has 5 rings (SSSR count). The topological polar surface area (TPSA) is 93.1 Å². The first-order valence-electron chi connectivity index (χ1n) is 12.2. The maximum absolute atomic E-state index is 9.55. The summed E-state index contributed by atoms with van der Waals surface area (Å²) in [5.74, 6) is -2.15. The van der Waals surface area contributed by atoms with E-state index in [1.165, 1.54) is 38.0 Å². The van der Waals surface area contributed by atoms with Gasteiger partial charge < -0.3 is 25.3 Å². The predicted molar refractivity (Wildman–Crippen MR) is 148 cm³/mol. The number of carboxylic acid groups (broad SMARTS) is 2. The van der Waals surface area contributed by atoms with E-state index in [0.717, 1.165) is 26.2 Å². The van der Waals surface area contributed by atoms with E-state index in [-0.39, 0.29) is 0 Å². The van der Waals surface area contributed by atoms with Crippen LogP contribution in [-0.4, -0.2) is 60.3 Å². The number of likely N-dealkylation sites (N-methyl/N-ethyl adjacent to an activating group) is 1. The summed E-state index contributed by atoms with van der Waals surface area (Å²) in [4.78, 5) is 26.6. The first-order valence-corrected chi connectivity index (χ1v) is 13.0. The van der Waals surface area contributed by atoms with Crippen molar-refractivity contribution in [2.24, 2.45) is 0 Å². The first kappa shape index (κ1) is 26.3. The fourth-order valence-corrected chi connectivity index (χ4v) is 5.27. The smallest absolute Gasteiger partial charge is 0.328 e. The van der Waals surface area contributed by atoms with Crippen molar-refractivity contribution < 1.29 is 19.8 Å². The number of carbonyl (C=O) groups is 2. The van der Waals surface area contributed by atoms with Gasteiger partial charge in [0.2, 0.25) is 0 Å². The van der Waals surface area contributed by atoms with E-state index in [0.29, 0.717) is 18.1 Å². The van der Waals surface area contributed by atoms with Crippen LogP contribution in [0.25, 0.3) is 0 Å². The van der Waals surface area contributed by atoms with Crippen LogP contribution in [0.15, 0.2) is 88.7 Å². The largest absolute Gasteiger partial charge is 0.478 e. The van der Waals surface area contributed by atoms with Crippen molar-refractivity contribution in [3.05, 3.63) is 90.0 Å². The van der Waals surface area contributed by atoms with E-state index in [1.54, 1.807) is 0 Å². The number of anilines is 3. The molecule has 0 amide bonds. The lowest BCUT2D eigenvalue weighted by atomic mass is 9.92. The van der Waals surface area contributed by atoms with Crippen molar-refractivity contribution in [1.29, 1.82) is 0 Å². The number of rotatable bonds is 5. The van der Waals surface area contributed by atoms with E-state index >= 15 is 0 Å². The van der Waals surface area contributed by atoms with Gasteiger partial charge in [-0.3, -0.25) is 0 Å². The number of benzene rings is 3. The Morgan fingerprint density at radius 1 is 0.838 bits per heavy atom. The number of para-hydroxylation sites is 1. The lowest BCUT2D eigenvalue weighted by molar-refractivity contribution is -0.134. The zero-order chi connectivity index (χ0) is 26.4. The lowest BCUT2D eigenvalue weighted by Crippen LogP contribution is -2.44. The average molecular weight is 518 g/mol. The molecule has 0 aromatic heterocycles. The molecule has 2 aliphatic rings. The van der Waals surface area contributed by atoms with Crippen LogP contribution in [0, 0.1) is 0 Å². The molecule has 0 bridgehead atoms. The number of aliphatic carboxylic acids is 2. The summed E-state index contributed by atoms with van der Waals surface area (Å²) in [6.07, 6.45) is 1.12. The molecule has 2 heterocycles. The summed E-state index contributed by atoms with van der Waals surface area (Å²) in [7, 11) is 2.20. The Labute approximate surface area is 221 Å². The van der Waals surface area contributed by atoms with Crippen molar-refractivity contribution in [1.82, 2.24) is 4.90 Å². The Morgan fingerprint density at radius 2 is 1.43 bits per heavy atom. The summed E-state index contributed by atoms with van der Waals surface area (Å²) in [6.45, 7) is 6.81. The molecule has 8 heteroatoms. The molecule has 2 aliphatic heterocycles. The summed E-state index contributed by atoms with van der Waals surface area (Å²) < 4.78 is 0. The summed E-state index contributed by atoms with van der Waals surface area (Å²) in [6, 6.07) is 24.6. The molecule has 3 aromatic rings. The van der Waals surface area contributed by atoms with Gasteiger partial charge in [0.15, 0.2) is 0 Å². The van der Waals surface area contributed by atoms with E-state index in [4.69, 9.17) is 10.2 Å². The second-order valence-electron chi connectivity index (χ2n) is 9.09. The van der Waals surface area contributed by atoms with Crippen LogP contribution >= 0.6 is 11.8 Å². The SMILES string of the molecule is CC(c1ccc(N2CCN(C)CC2)cc1)c1ccc2c(c1)Nc1ccccc1S2.O=C(O)/C=C/C(=O)O. The van der Waals surface area contributed by atoms with Gasteiger partial charge in [0.05, 0.1) is 11.4 Å². The third kappa shape index (κ3) is 6.93. The van der Waals surface area contributed by atoms with Crippen molar-refractivity contribution in [2.45, 2.75) is 22.6 Å². The quantitative estimate of drug-likeness (QED) is 0.299. The molecule has 0 spiro atoms. The molecule has 1 unspecified atom stereocenters. The highest BCUT2D eigenvalue weighted by molar-refractivity contribution is 7.99. The molecule has 7 nitrogen and oxygen atoms in total. The maximum atomic E-state index is 9.55. The third-order valence-corrected chi connectivity index (χ3v) is 7.66. The van der Waals surface area contributed by atoms with Gasteiger partial charge in [-0.25, -0.2) is 9.59 Å². The number of nitrogens with one attached hydrogen (secondary N) is 1. The van der Waals surface area contributed by atoms with E-state index in [9.17, 15) is 9.59 Å². The Hall–Kier alpha value is -3.75. The van der Waals surface area contributed by atoms with Crippen molar-refractivity contribution in [3.63, 3.8) is 0 Å². The van der Waals surface area contributed by atoms with Crippen LogP contribution in [-0.2, 0) is 9.59 Å². The van der Waals surface area contributed by atoms with Crippen LogP contribution in [0.1, 0.15) is 24.0 Å². The van der Waals surface area contributed by atoms with Crippen LogP contribution in [0.3, 0.4) is 0 Å². The van der Waals surface area contributed by atoms with E-state index < -0.39 is 11.9 Å².